The van der Waals surface area contributed by atoms with Crippen LogP contribution in [0, 0.1) is 0 Å². The van der Waals surface area contributed by atoms with E-state index in [4.69, 9.17) is 11.6 Å². The minimum atomic E-state index is -4.45. The summed E-state index contributed by atoms with van der Waals surface area (Å²) in [7, 11) is 0. The van der Waals surface area contributed by atoms with Gasteiger partial charge in [0.2, 0.25) is 5.76 Å². The summed E-state index contributed by atoms with van der Waals surface area (Å²) in [6, 6.07) is 2.06. The predicted molar refractivity (Wildman–Crippen MR) is 43.5 cm³/mol. The highest BCUT2D eigenvalue weighted by Crippen LogP contribution is 2.32. The van der Waals surface area contributed by atoms with Crippen molar-refractivity contribution in [2.45, 2.75) is 6.18 Å². The van der Waals surface area contributed by atoms with Crippen LogP contribution in [0.3, 0.4) is 0 Å². The fourth-order valence-corrected chi connectivity index (χ4v) is 0.878. The van der Waals surface area contributed by atoms with E-state index in [2.05, 4.69) is 11.0 Å². The first-order chi connectivity index (χ1) is 5.95. The minimum absolute atomic E-state index is 0.0464. The average molecular weight is 211 g/mol. The molecule has 1 aromatic rings. The van der Waals surface area contributed by atoms with Crippen LogP contribution in [0.4, 0.5) is 13.2 Å². The number of allylic oxidation sites excluding steroid dienone is 1. The fraction of sp³-hybridized carbons (Fsp3) is 0.250. The second-order valence-electron chi connectivity index (χ2n) is 2.40. The van der Waals surface area contributed by atoms with E-state index in [0.717, 1.165) is 6.07 Å². The molecule has 0 spiro atoms. The second-order valence-corrected chi connectivity index (χ2v) is 2.67. The Morgan fingerprint density at radius 1 is 1.46 bits per heavy atom. The maximum absolute atomic E-state index is 12.0. The van der Waals surface area contributed by atoms with Gasteiger partial charge >= 0.3 is 6.18 Å². The molecule has 13 heavy (non-hydrogen) atoms. The molecular formula is C8H6ClF3O. The predicted octanol–water partition coefficient (Wildman–Crippen LogP) is 3.55. The zero-order valence-electron chi connectivity index (χ0n) is 6.49. The molecule has 0 atom stereocenters. The summed E-state index contributed by atoms with van der Waals surface area (Å²) in [6.45, 7) is 3.45. The number of alkyl halides is 4. The Morgan fingerprint density at radius 2 is 2.08 bits per heavy atom. The highest BCUT2D eigenvalue weighted by Gasteiger charge is 2.34. The van der Waals surface area contributed by atoms with Gasteiger partial charge in [-0.1, -0.05) is 6.58 Å². The summed E-state index contributed by atoms with van der Waals surface area (Å²) in [4.78, 5) is 0. The lowest BCUT2D eigenvalue weighted by atomic mass is 10.3. The molecule has 0 aromatic carbocycles. The fourth-order valence-electron chi connectivity index (χ4n) is 0.746. The van der Waals surface area contributed by atoms with Crippen LogP contribution in [0.25, 0.3) is 5.57 Å². The first kappa shape index (κ1) is 10.2. The zero-order valence-corrected chi connectivity index (χ0v) is 7.24. The molecule has 0 saturated carbocycles. The standard InChI is InChI=1S/C8H6ClF3O/c1-5(4-9)6-2-3-7(13-6)8(10,11)12/h2-3H,1,4H2. The van der Waals surface area contributed by atoms with Gasteiger partial charge in [-0.15, -0.1) is 11.6 Å². The van der Waals surface area contributed by atoms with E-state index < -0.39 is 11.9 Å². The number of halogens is 4. The van der Waals surface area contributed by atoms with Crippen molar-refractivity contribution in [3.63, 3.8) is 0 Å². The SMILES string of the molecule is C=C(CCl)c1ccc(C(F)(F)F)o1. The second kappa shape index (κ2) is 3.46. The Morgan fingerprint density at radius 3 is 2.46 bits per heavy atom. The number of rotatable bonds is 2. The Kier molecular flexibility index (Phi) is 2.71. The van der Waals surface area contributed by atoms with Crippen LogP contribution in [-0.4, -0.2) is 5.88 Å². The first-order valence-corrected chi connectivity index (χ1v) is 3.89. The van der Waals surface area contributed by atoms with Crippen LogP contribution >= 0.6 is 11.6 Å². The first-order valence-electron chi connectivity index (χ1n) is 3.36. The summed E-state index contributed by atoms with van der Waals surface area (Å²) in [5.41, 5.74) is 0.331. The van der Waals surface area contributed by atoms with E-state index in [1.165, 1.54) is 6.07 Å². The van der Waals surface area contributed by atoms with Crippen LogP contribution in [0.2, 0.25) is 0 Å². The molecule has 1 heterocycles. The number of hydrogen-bond donors (Lipinski definition) is 0. The molecule has 0 aliphatic rings. The molecule has 0 saturated heterocycles. The maximum Gasteiger partial charge on any atom is 0.449 e. The molecule has 0 amide bonds. The average Bonchev–Trinajstić information content (AvgIpc) is 2.50. The number of furan rings is 1. The molecule has 1 aromatic heterocycles. The van der Waals surface area contributed by atoms with Crippen molar-refractivity contribution in [1.29, 1.82) is 0 Å². The third kappa shape index (κ3) is 2.28. The molecule has 0 aliphatic heterocycles. The zero-order chi connectivity index (χ0) is 10.1. The molecule has 0 bridgehead atoms. The normalized spacial score (nSPS) is 11.7. The Bertz CT molecular complexity index is 313. The molecule has 72 valence electrons. The molecule has 0 fully saturated rings. The molecular weight excluding hydrogens is 205 g/mol. The highest BCUT2D eigenvalue weighted by atomic mass is 35.5. The third-order valence-electron chi connectivity index (χ3n) is 1.40. The molecule has 5 heteroatoms. The summed E-state index contributed by atoms with van der Waals surface area (Å²) in [6.07, 6.45) is -4.45. The summed E-state index contributed by atoms with van der Waals surface area (Å²) < 4.78 is 40.5. The third-order valence-corrected chi connectivity index (χ3v) is 1.72. The van der Waals surface area contributed by atoms with Gasteiger partial charge in [0.05, 0.1) is 5.88 Å². The van der Waals surface area contributed by atoms with Crippen LogP contribution in [0.5, 0.6) is 0 Å². The van der Waals surface area contributed by atoms with Gasteiger partial charge in [0.25, 0.3) is 0 Å². The van der Waals surface area contributed by atoms with Crippen molar-refractivity contribution in [1.82, 2.24) is 0 Å². The van der Waals surface area contributed by atoms with Crippen molar-refractivity contribution in [2.24, 2.45) is 0 Å². The lowest BCUT2D eigenvalue weighted by molar-refractivity contribution is -0.153. The smallest absolute Gasteiger partial charge is 0.449 e. The van der Waals surface area contributed by atoms with Crippen molar-refractivity contribution in [2.75, 3.05) is 5.88 Å². The quantitative estimate of drug-likeness (QED) is 0.681. The van der Waals surface area contributed by atoms with E-state index in [1.807, 2.05) is 0 Å². The number of hydrogen-bond acceptors (Lipinski definition) is 1. The topological polar surface area (TPSA) is 13.1 Å². The van der Waals surface area contributed by atoms with Gasteiger partial charge < -0.3 is 4.42 Å². The van der Waals surface area contributed by atoms with Crippen molar-refractivity contribution in [3.8, 4) is 0 Å². The van der Waals surface area contributed by atoms with Gasteiger partial charge in [-0.3, -0.25) is 0 Å². The van der Waals surface area contributed by atoms with E-state index in [-0.39, 0.29) is 11.6 Å². The summed E-state index contributed by atoms with van der Waals surface area (Å²) in [5.74, 6) is -0.916. The van der Waals surface area contributed by atoms with E-state index in [9.17, 15) is 13.2 Å². The van der Waals surface area contributed by atoms with E-state index in [1.54, 1.807) is 0 Å². The molecule has 0 aliphatic carbocycles. The van der Waals surface area contributed by atoms with Crippen molar-refractivity contribution in [3.05, 3.63) is 30.2 Å². The molecule has 0 unspecified atom stereocenters. The van der Waals surface area contributed by atoms with Gasteiger partial charge in [-0.05, 0) is 12.1 Å². The van der Waals surface area contributed by atoms with E-state index in [0.29, 0.717) is 5.57 Å². The minimum Gasteiger partial charge on any atom is -0.452 e. The Labute approximate surface area is 77.8 Å². The highest BCUT2D eigenvalue weighted by molar-refractivity contribution is 6.22. The molecule has 0 radical (unpaired) electrons. The molecule has 0 N–H and O–H groups in total. The molecule has 1 rings (SSSR count). The lowest BCUT2D eigenvalue weighted by Crippen LogP contribution is -2.02. The monoisotopic (exact) mass is 210 g/mol. The van der Waals surface area contributed by atoms with Crippen LogP contribution in [-0.2, 0) is 6.18 Å². The van der Waals surface area contributed by atoms with Gasteiger partial charge in [0.15, 0.2) is 0 Å². The van der Waals surface area contributed by atoms with Gasteiger partial charge in [0, 0.05) is 5.57 Å². The Balaban J connectivity index is 2.93. The Hall–Kier alpha value is -0.900. The van der Waals surface area contributed by atoms with Crippen molar-refractivity contribution >= 4 is 17.2 Å². The largest absolute Gasteiger partial charge is 0.452 e. The summed E-state index contributed by atoms with van der Waals surface area (Å²) in [5, 5.41) is 0. The van der Waals surface area contributed by atoms with Crippen LogP contribution in [0.1, 0.15) is 11.5 Å². The van der Waals surface area contributed by atoms with Crippen LogP contribution < -0.4 is 0 Å². The van der Waals surface area contributed by atoms with Crippen LogP contribution in [0.15, 0.2) is 23.1 Å². The van der Waals surface area contributed by atoms with Gasteiger partial charge in [0.1, 0.15) is 5.76 Å². The van der Waals surface area contributed by atoms with E-state index >= 15 is 0 Å². The lowest BCUT2D eigenvalue weighted by Gasteiger charge is -2.01. The van der Waals surface area contributed by atoms with Gasteiger partial charge in [-0.25, -0.2) is 0 Å². The summed E-state index contributed by atoms with van der Waals surface area (Å²) >= 11 is 5.37. The molecule has 1 nitrogen and oxygen atoms in total. The maximum atomic E-state index is 12.0. The van der Waals surface area contributed by atoms with Gasteiger partial charge in [-0.2, -0.15) is 13.2 Å². The van der Waals surface area contributed by atoms with Crippen molar-refractivity contribution < 1.29 is 17.6 Å².